The van der Waals surface area contributed by atoms with Gasteiger partial charge in [0.15, 0.2) is 0 Å². The second-order valence-electron chi connectivity index (χ2n) is 5.65. The fourth-order valence-electron chi connectivity index (χ4n) is 2.70. The summed E-state index contributed by atoms with van der Waals surface area (Å²) in [6.45, 7) is 0.925. The lowest BCUT2D eigenvalue weighted by Gasteiger charge is -2.26. The molecule has 0 bridgehead atoms. The van der Waals surface area contributed by atoms with Crippen LogP contribution < -0.4 is 15.8 Å². The number of benzene rings is 1. The number of nitrogens with two attached hydrogens (primary N) is 1. The lowest BCUT2D eigenvalue weighted by atomic mass is 9.95. The first-order valence-corrected chi connectivity index (χ1v) is 7.47. The fourth-order valence-corrected chi connectivity index (χ4v) is 2.89. The Balaban J connectivity index is 0.00000161. The van der Waals surface area contributed by atoms with Crippen LogP contribution in [0, 0.1) is 11.8 Å². The number of hydrogen-bond donors (Lipinski definition) is 2. The highest BCUT2D eigenvalue weighted by atomic mass is 35.5. The molecular weight excluding hydrogens is 311 g/mol. The number of carbonyl (C=O) groups is 1. The number of amides is 1. The van der Waals surface area contributed by atoms with Crippen LogP contribution in [0.15, 0.2) is 18.2 Å². The molecule has 1 heterocycles. The van der Waals surface area contributed by atoms with Crippen molar-refractivity contribution in [3.8, 4) is 5.75 Å². The number of rotatable bonds is 4. The van der Waals surface area contributed by atoms with E-state index in [1.807, 2.05) is 12.1 Å². The lowest BCUT2D eigenvalue weighted by Crippen LogP contribution is -2.46. The Bertz CT molecular complexity index is 520. The minimum Gasteiger partial charge on any atom is -0.492 e. The largest absolute Gasteiger partial charge is 0.492 e. The van der Waals surface area contributed by atoms with Crippen LogP contribution in [0.1, 0.15) is 18.4 Å². The second kappa shape index (κ2) is 6.86. The van der Waals surface area contributed by atoms with E-state index in [4.69, 9.17) is 22.1 Å². The molecule has 1 fully saturated rings. The second-order valence-corrected chi connectivity index (χ2v) is 6.09. The zero-order valence-electron chi connectivity index (χ0n) is 11.7. The molecule has 1 aromatic carbocycles. The molecular formula is C15H20Cl2N2O2. The van der Waals surface area contributed by atoms with Crippen molar-refractivity contribution < 1.29 is 9.53 Å². The van der Waals surface area contributed by atoms with Crippen LogP contribution in [0.3, 0.4) is 0 Å². The van der Waals surface area contributed by atoms with Crippen molar-refractivity contribution in [3.63, 3.8) is 0 Å². The summed E-state index contributed by atoms with van der Waals surface area (Å²) in [5.74, 6) is 1.28. The van der Waals surface area contributed by atoms with Gasteiger partial charge in [-0.15, -0.1) is 12.4 Å². The zero-order chi connectivity index (χ0) is 14.1. The summed E-state index contributed by atoms with van der Waals surface area (Å²) in [6.07, 6.45) is 3.01. The maximum absolute atomic E-state index is 12.3. The third kappa shape index (κ3) is 3.82. The summed E-state index contributed by atoms with van der Waals surface area (Å²) in [4.78, 5) is 12.3. The molecule has 0 radical (unpaired) electrons. The maximum Gasteiger partial charge on any atom is 0.227 e. The fraction of sp³-hybridized carbons (Fsp3) is 0.533. The molecule has 3 N–H and O–H groups in total. The topological polar surface area (TPSA) is 64.3 Å². The molecule has 2 aliphatic rings. The molecule has 1 amide bonds. The SMILES string of the molecule is Cl.NCC(NC(=O)C1COc2ccc(Cl)cc2C1)C1CC1. The van der Waals surface area contributed by atoms with E-state index in [0.717, 1.165) is 11.3 Å². The summed E-state index contributed by atoms with van der Waals surface area (Å²) >= 11 is 5.99. The van der Waals surface area contributed by atoms with Crippen molar-refractivity contribution in [1.29, 1.82) is 0 Å². The predicted octanol–water partition coefficient (Wildman–Crippen LogP) is 2.17. The normalized spacial score (nSPS) is 21.5. The Hall–Kier alpha value is -0.970. The van der Waals surface area contributed by atoms with Gasteiger partial charge in [-0.1, -0.05) is 11.6 Å². The van der Waals surface area contributed by atoms with E-state index in [9.17, 15) is 4.79 Å². The maximum atomic E-state index is 12.3. The number of carbonyl (C=O) groups excluding carboxylic acids is 1. The molecule has 2 unspecified atom stereocenters. The van der Waals surface area contributed by atoms with Gasteiger partial charge in [-0.3, -0.25) is 4.79 Å². The van der Waals surface area contributed by atoms with Crippen molar-refractivity contribution in [2.24, 2.45) is 17.6 Å². The molecule has 1 saturated carbocycles. The van der Waals surface area contributed by atoms with Gasteiger partial charge < -0.3 is 15.8 Å². The van der Waals surface area contributed by atoms with Crippen LogP contribution in [-0.4, -0.2) is 25.1 Å². The minimum atomic E-state index is -0.159. The molecule has 1 aliphatic heterocycles. The van der Waals surface area contributed by atoms with Crippen LogP contribution in [0.25, 0.3) is 0 Å². The third-order valence-electron chi connectivity index (χ3n) is 4.07. The van der Waals surface area contributed by atoms with E-state index in [1.165, 1.54) is 12.8 Å². The van der Waals surface area contributed by atoms with Crippen molar-refractivity contribution in [1.82, 2.24) is 5.32 Å². The summed E-state index contributed by atoms with van der Waals surface area (Å²) in [6, 6.07) is 5.65. The first-order chi connectivity index (χ1) is 9.67. The average molecular weight is 331 g/mol. The van der Waals surface area contributed by atoms with Gasteiger partial charge in [0.25, 0.3) is 0 Å². The van der Waals surface area contributed by atoms with Gasteiger partial charge in [-0.05, 0) is 48.9 Å². The molecule has 1 aliphatic carbocycles. The van der Waals surface area contributed by atoms with Crippen LogP contribution in [0.5, 0.6) is 5.75 Å². The van der Waals surface area contributed by atoms with Crippen LogP contribution in [0.4, 0.5) is 0 Å². The van der Waals surface area contributed by atoms with Gasteiger partial charge in [0.1, 0.15) is 12.4 Å². The summed E-state index contributed by atoms with van der Waals surface area (Å²) in [5, 5.41) is 3.74. The minimum absolute atomic E-state index is 0. The van der Waals surface area contributed by atoms with Crippen molar-refractivity contribution in [2.45, 2.75) is 25.3 Å². The summed E-state index contributed by atoms with van der Waals surface area (Å²) in [5.41, 5.74) is 6.72. The lowest BCUT2D eigenvalue weighted by molar-refractivity contribution is -0.127. The Labute approximate surface area is 135 Å². The molecule has 3 rings (SSSR count). The molecule has 2 atom stereocenters. The summed E-state index contributed by atoms with van der Waals surface area (Å²) < 4.78 is 5.65. The molecule has 0 aromatic heterocycles. The molecule has 0 spiro atoms. The van der Waals surface area contributed by atoms with Gasteiger partial charge in [-0.25, -0.2) is 0 Å². The van der Waals surface area contributed by atoms with Crippen LogP contribution in [-0.2, 0) is 11.2 Å². The van der Waals surface area contributed by atoms with Crippen molar-refractivity contribution in [3.05, 3.63) is 28.8 Å². The predicted molar refractivity (Wildman–Crippen MR) is 85.1 cm³/mol. The van der Waals surface area contributed by atoms with E-state index in [-0.39, 0.29) is 30.3 Å². The van der Waals surface area contributed by atoms with Crippen molar-refractivity contribution in [2.75, 3.05) is 13.2 Å². The average Bonchev–Trinajstić information content (AvgIpc) is 3.28. The third-order valence-corrected chi connectivity index (χ3v) is 4.31. The van der Waals surface area contributed by atoms with E-state index >= 15 is 0 Å². The molecule has 116 valence electrons. The number of fused-ring (bicyclic) bond motifs is 1. The molecule has 4 nitrogen and oxygen atoms in total. The number of ether oxygens (including phenoxy) is 1. The van der Waals surface area contributed by atoms with Crippen LogP contribution >= 0.6 is 24.0 Å². The monoisotopic (exact) mass is 330 g/mol. The Kier molecular flexibility index (Phi) is 5.36. The Morgan fingerprint density at radius 2 is 2.24 bits per heavy atom. The highest BCUT2D eigenvalue weighted by Gasteiger charge is 2.34. The molecule has 0 saturated heterocycles. The van der Waals surface area contributed by atoms with E-state index in [0.29, 0.717) is 30.5 Å². The van der Waals surface area contributed by atoms with Gasteiger partial charge >= 0.3 is 0 Å². The Morgan fingerprint density at radius 1 is 1.48 bits per heavy atom. The number of nitrogens with one attached hydrogen (secondary N) is 1. The first kappa shape index (κ1) is 16.4. The first-order valence-electron chi connectivity index (χ1n) is 7.09. The molecule has 1 aromatic rings. The van der Waals surface area contributed by atoms with E-state index in [2.05, 4.69) is 5.32 Å². The number of halogens is 2. The Morgan fingerprint density at radius 3 is 2.90 bits per heavy atom. The van der Waals surface area contributed by atoms with Gasteiger partial charge in [0.2, 0.25) is 5.91 Å². The van der Waals surface area contributed by atoms with E-state index in [1.54, 1.807) is 6.07 Å². The smallest absolute Gasteiger partial charge is 0.227 e. The van der Waals surface area contributed by atoms with Gasteiger partial charge in [0, 0.05) is 17.6 Å². The van der Waals surface area contributed by atoms with Gasteiger partial charge in [-0.2, -0.15) is 0 Å². The van der Waals surface area contributed by atoms with E-state index < -0.39 is 0 Å². The number of hydrogen-bond acceptors (Lipinski definition) is 3. The van der Waals surface area contributed by atoms with Crippen LogP contribution in [0.2, 0.25) is 5.02 Å². The quantitative estimate of drug-likeness (QED) is 0.889. The highest BCUT2D eigenvalue weighted by Crippen LogP contribution is 2.33. The van der Waals surface area contributed by atoms with Crippen molar-refractivity contribution >= 4 is 29.9 Å². The molecule has 6 heteroatoms. The molecule has 21 heavy (non-hydrogen) atoms. The standard InChI is InChI=1S/C15H19ClN2O2.ClH/c16-12-3-4-14-10(6-12)5-11(8-20-14)15(19)18-13(7-17)9-1-2-9;/h3-4,6,9,11,13H,1-2,5,7-8,17H2,(H,18,19);1H. The zero-order valence-corrected chi connectivity index (χ0v) is 13.3. The summed E-state index contributed by atoms with van der Waals surface area (Å²) in [7, 11) is 0. The highest BCUT2D eigenvalue weighted by molar-refractivity contribution is 6.30. The van der Waals surface area contributed by atoms with Gasteiger partial charge in [0.05, 0.1) is 5.92 Å².